The van der Waals surface area contributed by atoms with Crippen LogP contribution in [0.15, 0.2) is 48.5 Å². The molecule has 0 aromatic heterocycles. The molecule has 134 valence electrons. The number of aryl methyl sites for hydroxylation is 1. The van der Waals surface area contributed by atoms with Gasteiger partial charge in [-0.05, 0) is 43.0 Å². The fraction of sp³-hybridized carbons (Fsp3) is 0.316. The standard InChI is InChI=1S/C19H24N2O4/c1-19(21-20,13-15-9-10-16(22)17(23)12-15)18(24)25-11-5-8-14-6-3-2-4-7-14/h2-4,6-7,9-10,12,21-23H,5,8,11,13,20H2,1H3. The highest BCUT2D eigenvalue weighted by Gasteiger charge is 2.34. The maximum atomic E-state index is 12.4. The molecule has 0 heterocycles. The number of aromatic hydroxyl groups is 2. The Balaban J connectivity index is 1.88. The molecule has 0 spiro atoms. The van der Waals surface area contributed by atoms with Crippen molar-refractivity contribution in [3.05, 3.63) is 59.7 Å². The second kappa shape index (κ2) is 8.50. The van der Waals surface area contributed by atoms with E-state index in [1.807, 2.05) is 30.3 Å². The van der Waals surface area contributed by atoms with Crippen molar-refractivity contribution in [2.45, 2.75) is 31.7 Å². The van der Waals surface area contributed by atoms with Gasteiger partial charge in [-0.2, -0.15) is 0 Å². The Labute approximate surface area is 147 Å². The molecule has 0 saturated carbocycles. The Hall–Kier alpha value is -2.57. The zero-order valence-corrected chi connectivity index (χ0v) is 14.2. The van der Waals surface area contributed by atoms with E-state index in [9.17, 15) is 15.0 Å². The number of nitrogens with one attached hydrogen (secondary N) is 1. The van der Waals surface area contributed by atoms with E-state index >= 15 is 0 Å². The van der Waals surface area contributed by atoms with Gasteiger partial charge < -0.3 is 14.9 Å². The third-order valence-electron chi connectivity index (χ3n) is 4.05. The number of phenolic OH excluding ortho intramolecular Hbond substituents is 2. The predicted molar refractivity (Wildman–Crippen MR) is 94.9 cm³/mol. The van der Waals surface area contributed by atoms with Gasteiger partial charge in [0.25, 0.3) is 0 Å². The summed E-state index contributed by atoms with van der Waals surface area (Å²) in [5, 5.41) is 18.9. The van der Waals surface area contributed by atoms with Crippen LogP contribution >= 0.6 is 0 Å². The van der Waals surface area contributed by atoms with Crippen LogP contribution in [0.1, 0.15) is 24.5 Å². The molecule has 0 fully saturated rings. The van der Waals surface area contributed by atoms with Crippen molar-refractivity contribution in [3.8, 4) is 11.5 Å². The zero-order valence-electron chi connectivity index (χ0n) is 14.2. The Morgan fingerprint density at radius 2 is 1.84 bits per heavy atom. The first-order valence-electron chi connectivity index (χ1n) is 8.14. The summed E-state index contributed by atoms with van der Waals surface area (Å²) in [6, 6.07) is 14.4. The van der Waals surface area contributed by atoms with Crippen molar-refractivity contribution in [3.63, 3.8) is 0 Å². The van der Waals surface area contributed by atoms with Crippen molar-refractivity contribution < 1.29 is 19.7 Å². The molecule has 0 aliphatic carbocycles. The first-order valence-corrected chi connectivity index (χ1v) is 8.14. The van der Waals surface area contributed by atoms with Crippen molar-refractivity contribution in [1.82, 2.24) is 5.43 Å². The van der Waals surface area contributed by atoms with E-state index < -0.39 is 11.5 Å². The molecule has 2 aromatic carbocycles. The number of rotatable bonds is 8. The maximum absolute atomic E-state index is 12.4. The Morgan fingerprint density at radius 3 is 2.48 bits per heavy atom. The minimum atomic E-state index is -1.13. The van der Waals surface area contributed by atoms with E-state index in [4.69, 9.17) is 10.6 Å². The molecule has 6 heteroatoms. The Kier molecular flexibility index (Phi) is 6.38. The number of carbonyl (C=O) groups excluding carboxylic acids is 1. The largest absolute Gasteiger partial charge is 0.504 e. The van der Waals surface area contributed by atoms with E-state index in [2.05, 4.69) is 5.43 Å². The second-order valence-electron chi connectivity index (χ2n) is 6.20. The molecule has 25 heavy (non-hydrogen) atoms. The third kappa shape index (κ3) is 5.20. The van der Waals surface area contributed by atoms with Crippen LogP contribution in [0.3, 0.4) is 0 Å². The number of esters is 1. The zero-order chi connectivity index (χ0) is 18.3. The number of nitrogens with two attached hydrogens (primary N) is 1. The van der Waals surface area contributed by atoms with Gasteiger partial charge in [-0.25, -0.2) is 10.2 Å². The Morgan fingerprint density at radius 1 is 1.12 bits per heavy atom. The minimum absolute atomic E-state index is 0.213. The number of hydrogen-bond donors (Lipinski definition) is 4. The summed E-state index contributed by atoms with van der Waals surface area (Å²) in [5.74, 6) is 4.64. The first-order chi connectivity index (χ1) is 11.9. The van der Waals surface area contributed by atoms with E-state index in [0.29, 0.717) is 12.2 Å². The van der Waals surface area contributed by atoms with Gasteiger partial charge in [-0.15, -0.1) is 0 Å². The van der Waals surface area contributed by atoms with Gasteiger partial charge in [0.1, 0.15) is 5.54 Å². The van der Waals surface area contributed by atoms with E-state index in [-0.39, 0.29) is 17.9 Å². The molecular formula is C19H24N2O4. The van der Waals surface area contributed by atoms with Gasteiger partial charge in [0.15, 0.2) is 11.5 Å². The summed E-state index contributed by atoms with van der Waals surface area (Å²) < 4.78 is 5.35. The minimum Gasteiger partial charge on any atom is -0.504 e. The summed E-state index contributed by atoms with van der Waals surface area (Å²) in [6.45, 7) is 1.93. The average molecular weight is 344 g/mol. The molecule has 1 unspecified atom stereocenters. The molecule has 5 N–H and O–H groups in total. The van der Waals surface area contributed by atoms with E-state index in [1.54, 1.807) is 13.0 Å². The molecule has 0 aliphatic rings. The highest BCUT2D eigenvalue weighted by atomic mass is 16.5. The maximum Gasteiger partial charge on any atom is 0.327 e. The Bertz CT molecular complexity index is 706. The average Bonchev–Trinajstić information content (AvgIpc) is 2.62. The summed E-state index contributed by atoms with van der Waals surface area (Å²) in [5.41, 5.74) is 3.21. The van der Waals surface area contributed by atoms with Crippen LogP contribution in [0.25, 0.3) is 0 Å². The molecular weight excluding hydrogens is 320 g/mol. The molecule has 2 rings (SSSR count). The van der Waals surface area contributed by atoms with Gasteiger partial charge >= 0.3 is 5.97 Å². The van der Waals surface area contributed by atoms with Gasteiger partial charge in [0, 0.05) is 6.42 Å². The lowest BCUT2D eigenvalue weighted by Crippen LogP contribution is -2.55. The number of carbonyl (C=O) groups is 1. The van der Waals surface area contributed by atoms with Gasteiger partial charge in [-0.3, -0.25) is 5.84 Å². The van der Waals surface area contributed by atoms with Gasteiger partial charge in [0.05, 0.1) is 6.61 Å². The number of hydrogen-bond acceptors (Lipinski definition) is 6. The number of benzene rings is 2. The van der Waals surface area contributed by atoms with E-state index in [1.165, 1.54) is 17.7 Å². The monoisotopic (exact) mass is 344 g/mol. The topological polar surface area (TPSA) is 105 Å². The van der Waals surface area contributed by atoms with Crippen molar-refractivity contribution in [1.29, 1.82) is 0 Å². The smallest absolute Gasteiger partial charge is 0.327 e. The number of phenols is 2. The predicted octanol–water partition coefficient (Wildman–Crippen LogP) is 2.04. The lowest BCUT2D eigenvalue weighted by atomic mass is 9.93. The second-order valence-corrected chi connectivity index (χ2v) is 6.20. The van der Waals surface area contributed by atoms with Crippen LogP contribution in [0.4, 0.5) is 0 Å². The lowest BCUT2D eigenvalue weighted by molar-refractivity contribution is -0.151. The molecule has 0 bridgehead atoms. The molecule has 0 aliphatic heterocycles. The van der Waals surface area contributed by atoms with Crippen LogP contribution in [-0.2, 0) is 22.4 Å². The number of ether oxygens (including phenoxy) is 1. The van der Waals surface area contributed by atoms with Gasteiger partial charge in [0.2, 0.25) is 0 Å². The lowest BCUT2D eigenvalue weighted by Gasteiger charge is -2.26. The molecule has 1 atom stereocenters. The third-order valence-corrected chi connectivity index (χ3v) is 4.05. The van der Waals surface area contributed by atoms with Crippen LogP contribution < -0.4 is 11.3 Å². The van der Waals surface area contributed by atoms with Crippen LogP contribution in [0.5, 0.6) is 11.5 Å². The molecule has 0 saturated heterocycles. The van der Waals surface area contributed by atoms with E-state index in [0.717, 1.165) is 12.8 Å². The summed E-state index contributed by atoms with van der Waals surface area (Å²) in [4.78, 5) is 12.4. The summed E-state index contributed by atoms with van der Waals surface area (Å²) >= 11 is 0. The van der Waals surface area contributed by atoms with Crippen molar-refractivity contribution in [2.24, 2.45) is 5.84 Å². The fourth-order valence-corrected chi connectivity index (χ4v) is 2.51. The normalized spacial score (nSPS) is 13.2. The molecule has 0 amide bonds. The van der Waals surface area contributed by atoms with Crippen LogP contribution in [-0.4, -0.2) is 28.3 Å². The van der Waals surface area contributed by atoms with Crippen molar-refractivity contribution in [2.75, 3.05) is 6.61 Å². The molecule has 2 aromatic rings. The summed E-state index contributed by atoms with van der Waals surface area (Å²) in [6.07, 6.45) is 1.76. The van der Waals surface area contributed by atoms with Crippen LogP contribution in [0, 0.1) is 0 Å². The highest BCUT2D eigenvalue weighted by Crippen LogP contribution is 2.27. The van der Waals surface area contributed by atoms with Crippen molar-refractivity contribution >= 4 is 5.97 Å². The number of hydrazine groups is 1. The molecule has 0 radical (unpaired) electrons. The fourth-order valence-electron chi connectivity index (χ4n) is 2.51. The van der Waals surface area contributed by atoms with Gasteiger partial charge in [-0.1, -0.05) is 36.4 Å². The van der Waals surface area contributed by atoms with Crippen LogP contribution in [0.2, 0.25) is 0 Å². The molecule has 6 nitrogen and oxygen atoms in total. The first kappa shape index (κ1) is 18.8. The summed E-state index contributed by atoms with van der Waals surface area (Å²) in [7, 11) is 0. The highest BCUT2D eigenvalue weighted by molar-refractivity contribution is 5.80. The SMILES string of the molecule is CC(Cc1ccc(O)c(O)c1)(NN)C(=O)OCCCc1ccccc1. The quantitative estimate of drug-likeness (QED) is 0.192.